The van der Waals surface area contributed by atoms with Crippen molar-refractivity contribution in [1.29, 1.82) is 0 Å². The van der Waals surface area contributed by atoms with Crippen molar-refractivity contribution in [1.82, 2.24) is 4.98 Å². The standard InChI is InChI=1S/C19H14BNO/c20-16-9-6-14(7-10-16)19-21-17-12-15(8-11-18(17)22-19)13-4-2-1-3-5-13/h1-12H,20H2. The van der Waals surface area contributed by atoms with E-state index < -0.39 is 0 Å². The van der Waals surface area contributed by atoms with Crippen LogP contribution in [0.2, 0.25) is 0 Å². The quantitative estimate of drug-likeness (QED) is 0.527. The maximum absolute atomic E-state index is 5.87. The van der Waals surface area contributed by atoms with Crippen LogP contribution in [0.25, 0.3) is 33.7 Å². The fourth-order valence-electron chi connectivity index (χ4n) is 2.56. The highest BCUT2D eigenvalue weighted by molar-refractivity contribution is 6.32. The van der Waals surface area contributed by atoms with E-state index in [4.69, 9.17) is 4.42 Å². The Bertz CT molecular complexity index is 927. The molecule has 0 radical (unpaired) electrons. The maximum atomic E-state index is 5.87. The summed E-state index contributed by atoms with van der Waals surface area (Å²) < 4.78 is 5.87. The molecular formula is C19H14BNO. The monoisotopic (exact) mass is 283 g/mol. The van der Waals surface area contributed by atoms with E-state index >= 15 is 0 Å². The average Bonchev–Trinajstić information content (AvgIpc) is 2.99. The number of benzene rings is 3. The normalized spacial score (nSPS) is 10.9. The molecule has 0 amide bonds. The van der Waals surface area contributed by atoms with Gasteiger partial charge >= 0.3 is 0 Å². The van der Waals surface area contributed by atoms with Crippen molar-refractivity contribution in [2.24, 2.45) is 0 Å². The lowest BCUT2D eigenvalue weighted by Gasteiger charge is -1.99. The van der Waals surface area contributed by atoms with E-state index in [-0.39, 0.29) is 0 Å². The predicted octanol–water partition coefficient (Wildman–Crippen LogP) is 3.42. The summed E-state index contributed by atoms with van der Waals surface area (Å²) in [4.78, 5) is 4.63. The van der Waals surface area contributed by atoms with E-state index in [9.17, 15) is 0 Å². The van der Waals surface area contributed by atoms with Crippen LogP contribution >= 0.6 is 0 Å². The first-order valence-electron chi connectivity index (χ1n) is 7.33. The third-order valence-corrected chi connectivity index (χ3v) is 3.79. The lowest BCUT2D eigenvalue weighted by Crippen LogP contribution is -1.99. The van der Waals surface area contributed by atoms with Gasteiger partial charge in [-0.15, -0.1) is 0 Å². The Morgan fingerprint density at radius 2 is 1.45 bits per heavy atom. The molecule has 0 saturated heterocycles. The molecule has 22 heavy (non-hydrogen) atoms. The summed E-state index contributed by atoms with van der Waals surface area (Å²) in [7, 11) is 2.07. The molecular weight excluding hydrogens is 269 g/mol. The first-order valence-corrected chi connectivity index (χ1v) is 7.33. The van der Waals surface area contributed by atoms with Crippen LogP contribution in [-0.2, 0) is 0 Å². The minimum absolute atomic E-state index is 0.667. The van der Waals surface area contributed by atoms with E-state index in [1.54, 1.807) is 0 Å². The van der Waals surface area contributed by atoms with Crippen molar-refractivity contribution < 1.29 is 4.42 Å². The van der Waals surface area contributed by atoms with Gasteiger partial charge in [-0.25, -0.2) is 4.98 Å². The number of hydrogen-bond acceptors (Lipinski definition) is 2. The Morgan fingerprint density at radius 3 is 2.23 bits per heavy atom. The van der Waals surface area contributed by atoms with Gasteiger partial charge in [0.05, 0.1) is 0 Å². The van der Waals surface area contributed by atoms with Crippen molar-refractivity contribution in [3.63, 3.8) is 0 Å². The highest BCUT2D eigenvalue weighted by Gasteiger charge is 2.09. The molecule has 0 spiro atoms. The van der Waals surface area contributed by atoms with E-state index in [1.165, 1.54) is 11.0 Å². The van der Waals surface area contributed by atoms with Gasteiger partial charge in [-0.2, -0.15) is 0 Å². The molecule has 0 aliphatic heterocycles. The molecule has 1 aromatic heterocycles. The molecule has 0 aliphatic carbocycles. The number of oxazole rings is 1. The third kappa shape index (κ3) is 2.31. The van der Waals surface area contributed by atoms with Crippen LogP contribution in [0, 0.1) is 0 Å². The molecule has 0 aliphatic rings. The van der Waals surface area contributed by atoms with Crippen molar-refractivity contribution >= 4 is 24.4 Å². The molecule has 0 atom stereocenters. The van der Waals surface area contributed by atoms with Crippen molar-refractivity contribution in [2.75, 3.05) is 0 Å². The highest BCUT2D eigenvalue weighted by Crippen LogP contribution is 2.28. The fraction of sp³-hybridized carbons (Fsp3) is 0. The molecule has 3 heteroatoms. The van der Waals surface area contributed by atoms with Gasteiger partial charge in [0, 0.05) is 5.56 Å². The molecule has 0 unspecified atom stereocenters. The Hall–Kier alpha value is -2.81. The second kappa shape index (κ2) is 5.19. The fourth-order valence-corrected chi connectivity index (χ4v) is 2.56. The summed E-state index contributed by atoms with van der Waals surface area (Å²) in [5.41, 5.74) is 6.27. The van der Waals surface area contributed by atoms with Gasteiger partial charge < -0.3 is 4.42 Å². The van der Waals surface area contributed by atoms with Gasteiger partial charge in [-0.1, -0.05) is 66.1 Å². The number of hydrogen-bond donors (Lipinski definition) is 0. The van der Waals surface area contributed by atoms with Gasteiger partial charge in [0.1, 0.15) is 13.4 Å². The van der Waals surface area contributed by atoms with Gasteiger partial charge in [0.25, 0.3) is 0 Å². The summed E-state index contributed by atoms with van der Waals surface area (Å²) in [5.74, 6) is 0.667. The molecule has 4 aromatic rings. The number of aromatic nitrogens is 1. The summed E-state index contributed by atoms with van der Waals surface area (Å²) >= 11 is 0. The second-order valence-electron chi connectivity index (χ2n) is 5.43. The van der Waals surface area contributed by atoms with Gasteiger partial charge in [-0.3, -0.25) is 0 Å². The van der Waals surface area contributed by atoms with Gasteiger partial charge in [0.15, 0.2) is 5.58 Å². The summed E-state index contributed by atoms with van der Waals surface area (Å²) in [6.07, 6.45) is 0. The lowest BCUT2D eigenvalue weighted by atomic mass is 9.95. The van der Waals surface area contributed by atoms with Crippen LogP contribution in [0.3, 0.4) is 0 Å². The number of fused-ring (bicyclic) bond motifs is 1. The molecule has 1 heterocycles. The lowest BCUT2D eigenvalue weighted by molar-refractivity contribution is 0.620. The van der Waals surface area contributed by atoms with Gasteiger partial charge in [-0.05, 0) is 23.3 Å². The average molecular weight is 283 g/mol. The Kier molecular flexibility index (Phi) is 3.04. The largest absolute Gasteiger partial charge is 0.436 e. The van der Waals surface area contributed by atoms with Crippen LogP contribution in [0.5, 0.6) is 0 Å². The van der Waals surface area contributed by atoms with E-state index in [2.05, 4.69) is 49.2 Å². The van der Waals surface area contributed by atoms with E-state index in [0.717, 1.165) is 22.2 Å². The maximum Gasteiger partial charge on any atom is 0.227 e. The molecule has 0 bridgehead atoms. The van der Waals surface area contributed by atoms with Gasteiger partial charge in [0.2, 0.25) is 5.89 Å². The second-order valence-corrected chi connectivity index (χ2v) is 5.43. The zero-order valence-electron chi connectivity index (χ0n) is 12.3. The molecule has 0 saturated carbocycles. The molecule has 0 fully saturated rings. The number of nitrogens with zero attached hydrogens (tertiary/aromatic N) is 1. The Balaban J connectivity index is 1.80. The Morgan fingerprint density at radius 1 is 0.727 bits per heavy atom. The minimum Gasteiger partial charge on any atom is -0.436 e. The first kappa shape index (κ1) is 12.9. The van der Waals surface area contributed by atoms with Crippen LogP contribution in [-0.4, -0.2) is 12.8 Å². The SMILES string of the molecule is Bc1ccc(-c2nc3cc(-c4ccccc4)ccc3o2)cc1. The molecule has 0 N–H and O–H groups in total. The third-order valence-electron chi connectivity index (χ3n) is 3.79. The summed E-state index contributed by atoms with van der Waals surface area (Å²) in [6, 6.07) is 24.7. The van der Waals surface area contributed by atoms with Crippen molar-refractivity contribution in [2.45, 2.75) is 0 Å². The Labute approximate surface area is 129 Å². The topological polar surface area (TPSA) is 26.0 Å². The van der Waals surface area contributed by atoms with Crippen LogP contribution < -0.4 is 5.46 Å². The molecule has 104 valence electrons. The summed E-state index contributed by atoms with van der Waals surface area (Å²) in [6.45, 7) is 0. The molecule has 2 nitrogen and oxygen atoms in total. The highest BCUT2D eigenvalue weighted by atomic mass is 16.3. The number of rotatable bonds is 2. The van der Waals surface area contributed by atoms with Crippen molar-refractivity contribution in [3.05, 3.63) is 72.8 Å². The molecule has 3 aromatic carbocycles. The smallest absolute Gasteiger partial charge is 0.227 e. The zero-order chi connectivity index (χ0) is 14.9. The van der Waals surface area contributed by atoms with Crippen LogP contribution in [0.15, 0.2) is 77.2 Å². The van der Waals surface area contributed by atoms with Crippen molar-refractivity contribution in [3.8, 4) is 22.6 Å². The van der Waals surface area contributed by atoms with Crippen LogP contribution in [0.1, 0.15) is 0 Å². The molecule has 4 rings (SSSR count). The summed E-state index contributed by atoms with van der Waals surface area (Å²) in [5, 5.41) is 0. The zero-order valence-corrected chi connectivity index (χ0v) is 12.3. The van der Waals surface area contributed by atoms with Crippen LogP contribution in [0.4, 0.5) is 0 Å². The minimum atomic E-state index is 0.667. The van der Waals surface area contributed by atoms with E-state index in [1.807, 2.05) is 36.4 Å². The van der Waals surface area contributed by atoms with E-state index in [0.29, 0.717) is 5.89 Å². The first-order chi connectivity index (χ1) is 10.8. The predicted molar refractivity (Wildman–Crippen MR) is 93.1 cm³/mol.